The number of carbonyl (C=O) groups excluding carboxylic acids is 3. The van der Waals surface area contributed by atoms with Gasteiger partial charge in [-0.3, -0.25) is 14.4 Å². The molecule has 0 bridgehead atoms. The molecular formula is C13H18O4. The second-order valence-corrected chi connectivity index (χ2v) is 4.41. The van der Waals surface area contributed by atoms with E-state index in [-0.39, 0.29) is 42.9 Å². The van der Waals surface area contributed by atoms with Crippen LogP contribution < -0.4 is 0 Å². The number of ether oxygens (including phenoxy) is 1. The fourth-order valence-electron chi connectivity index (χ4n) is 1.99. The zero-order chi connectivity index (χ0) is 13.0. The zero-order valence-corrected chi connectivity index (χ0v) is 10.5. The second kappa shape index (κ2) is 5.75. The van der Waals surface area contributed by atoms with Crippen molar-refractivity contribution in [3.63, 3.8) is 0 Å². The molecule has 0 amide bonds. The fraction of sp³-hybridized carbons (Fsp3) is 0.615. The molecule has 94 valence electrons. The molecule has 0 aromatic heterocycles. The first-order valence-electron chi connectivity index (χ1n) is 5.85. The van der Waals surface area contributed by atoms with Crippen LogP contribution in [0.4, 0.5) is 0 Å². The summed E-state index contributed by atoms with van der Waals surface area (Å²) in [5.41, 5.74) is 1.00. The fourth-order valence-corrected chi connectivity index (χ4v) is 1.99. The summed E-state index contributed by atoms with van der Waals surface area (Å²) in [7, 11) is 0. The molecule has 0 aromatic rings. The highest BCUT2D eigenvalue weighted by molar-refractivity contribution is 6.01. The molecule has 0 saturated heterocycles. The molecule has 1 aliphatic carbocycles. The van der Waals surface area contributed by atoms with E-state index in [1.54, 1.807) is 13.0 Å². The van der Waals surface area contributed by atoms with E-state index in [0.29, 0.717) is 0 Å². The van der Waals surface area contributed by atoms with E-state index in [2.05, 4.69) is 0 Å². The van der Waals surface area contributed by atoms with E-state index >= 15 is 0 Å². The van der Waals surface area contributed by atoms with Crippen molar-refractivity contribution in [2.24, 2.45) is 11.8 Å². The van der Waals surface area contributed by atoms with Crippen LogP contribution in [0.5, 0.6) is 0 Å². The number of ketones is 2. The van der Waals surface area contributed by atoms with Crippen molar-refractivity contribution in [1.82, 2.24) is 0 Å². The Hall–Kier alpha value is -1.45. The average Bonchev–Trinajstić information content (AvgIpc) is 2.45. The summed E-state index contributed by atoms with van der Waals surface area (Å²) in [5, 5.41) is 0. The number of Topliss-reactive ketones (excluding diaryl/α,β-unsaturated/α-hetero) is 1. The van der Waals surface area contributed by atoms with Gasteiger partial charge in [-0.2, -0.15) is 0 Å². The molecule has 0 radical (unpaired) electrons. The highest BCUT2D eigenvalue weighted by Gasteiger charge is 2.32. The lowest BCUT2D eigenvalue weighted by Crippen LogP contribution is -2.21. The quantitative estimate of drug-likeness (QED) is 0.540. The van der Waals surface area contributed by atoms with Crippen molar-refractivity contribution < 1.29 is 19.1 Å². The SMILES string of the molecule is CCOC(=O)CC(=O)C[C@@H]1C(=O)C=C(C)[C@H]1C. The van der Waals surface area contributed by atoms with E-state index in [0.717, 1.165) is 5.57 Å². The molecule has 0 spiro atoms. The molecule has 17 heavy (non-hydrogen) atoms. The third-order valence-electron chi connectivity index (χ3n) is 3.15. The minimum absolute atomic E-state index is 0.00721. The van der Waals surface area contributed by atoms with Gasteiger partial charge in [-0.05, 0) is 25.8 Å². The molecule has 4 nitrogen and oxygen atoms in total. The molecule has 2 atom stereocenters. The third kappa shape index (κ3) is 3.51. The smallest absolute Gasteiger partial charge is 0.313 e. The molecule has 0 saturated carbocycles. The predicted molar refractivity (Wildman–Crippen MR) is 62.3 cm³/mol. The van der Waals surface area contributed by atoms with Crippen LogP contribution in [-0.2, 0) is 19.1 Å². The number of hydrogen-bond donors (Lipinski definition) is 0. The Morgan fingerprint density at radius 3 is 2.53 bits per heavy atom. The van der Waals surface area contributed by atoms with Gasteiger partial charge in [0.05, 0.1) is 6.61 Å². The van der Waals surface area contributed by atoms with Crippen LogP contribution in [0.3, 0.4) is 0 Å². The van der Waals surface area contributed by atoms with Crippen molar-refractivity contribution in [2.45, 2.75) is 33.6 Å². The summed E-state index contributed by atoms with van der Waals surface area (Å²) in [6, 6.07) is 0. The Balaban J connectivity index is 2.48. The summed E-state index contributed by atoms with van der Waals surface area (Å²) in [6.45, 7) is 5.78. The second-order valence-electron chi connectivity index (χ2n) is 4.41. The van der Waals surface area contributed by atoms with Crippen molar-refractivity contribution in [3.05, 3.63) is 11.6 Å². The first kappa shape index (κ1) is 13.6. The Labute approximate surface area is 101 Å². The number of allylic oxidation sites excluding steroid dienone is 2. The molecule has 0 aromatic carbocycles. The van der Waals surface area contributed by atoms with Gasteiger partial charge >= 0.3 is 5.97 Å². The van der Waals surface area contributed by atoms with Gasteiger partial charge in [-0.15, -0.1) is 0 Å². The average molecular weight is 238 g/mol. The zero-order valence-electron chi connectivity index (χ0n) is 10.5. The van der Waals surface area contributed by atoms with Crippen LogP contribution >= 0.6 is 0 Å². The van der Waals surface area contributed by atoms with Crippen LogP contribution in [0, 0.1) is 11.8 Å². The molecule has 1 rings (SSSR count). The number of hydrogen-bond acceptors (Lipinski definition) is 4. The van der Waals surface area contributed by atoms with Gasteiger partial charge in [0.15, 0.2) is 5.78 Å². The van der Waals surface area contributed by atoms with Crippen LogP contribution in [0.1, 0.15) is 33.6 Å². The van der Waals surface area contributed by atoms with Crippen molar-refractivity contribution in [2.75, 3.05) is 6.61 Å². The summed E-state index contributed by atoms with van der Waals surface area (Å²) in [4.78, 5) is 34.3. The highest BCUT2D eigenvalue weighted by atomic mass is 16.5. The minimum Gasteiger partial charge on any atom is -0.466 e. The van der Waals surface area contributed by atoms with Crippen LogP contribution in [-0.4, -0.2) is 24.1 Å². The van der Waals surface area contributed by atoms with Crippen LogP contribution in [0.25, 0.3) is 0 Å². The van der Waals surface area contributed by atoms with E-state index in [1.807, 2.05) is 13.8 Å². The molecule has 0 unspecified atom stereocenters. The van der Waals surface area contributed by atoms with Crippen LogP contribution in [0.2, 0.25) is 0 Å². The summed E-state index contributed by atoms with van der Waals surface area (Å²) >= 11 is 0. The molecule has 0 N–H and O–H groups in total. The Morgan fingerprint density at radius 2 is 2.06 bits per heavy atom. The third-order valence-corrected chi connectivity index (χ3v) is 3.15. The maximum Gasteiger partial charge on any atom is 0.313 e. The molecular weight excluding hydrogens is 220 g/mol. The Bertz CT molecular complexity index is 368. The van der Waals surface area contributed by atoms with Crippen molar-refractivity contribution in [3.8, 4) is 0 Å². The monoisotopic (exact) mass is 238 g/mol. The largest absolute Gasteiger partial charge is 0.466 e. The molecule has 0 fully saturated rings. The molecule has 0 aliphatic heterocycles. The first-order chi connectivity index (χ1) is 7.95. The first-order valence-corrected chi connectivity index (χ1v) is 5.85. The standard InChI is InChI=1S/C13H18O4/c1-4-17-13(16)7-10(14)6-11-9(3)8(2)5-12(11)15/h5,9,11H,4,6-7H2,1-3H3/t9-,11+/m1/s1. The lowest BCUT2D eigenvalue weighted by atomic mass is 9.88. The van der Waals surface area contributed by atoms with Gasteiger partial charge in [0.1, 0.15) is 12.2 Å². The predicted octanol–water partition coefficient (Wildman–Crippen LogP) is 1.68. The normalized spacial score (nSPS) is 23.5. The summed E-state index contributed by atoms with van der Waals surface area (Å²) in [6.07, 6.45) is 1.49. The van der Waals surface area contributed by atoms with E-state index < -0.39 is 5.97 Å². The van der Waals surface area contributed by atoms with E-state index in [9.17, 15) is 14.4 Å². The van der Waals surface area contributed by atoms with Gasteiger partial charge in [0.25, 0.3) is 0 Å². The Morgan fingerprint density at radius 1 is 1.41 bits per heavy atom. The summed E-state index contributed by atoms with van der Waals surface area (Å²) < 4.78 is 4.69. The number of esters is 1. The molecule has 4 heteroatoms. The van der Waals surface area contributed by atoms with E-state index in [4.69, 9.17) is 4.74 Å². The van der Waals surface area contributed by atoms with E-state index in [1.165, 1.54) is 0 Å². The maximum absolute atomic E-state index is 11.6. The summed E-state index contributed by atoms with van der Waals surface area (Å²) in [5.74, 6) is -0.949. The van der Waals surface area contributed by atoms with Gasteiger partial charge in [0.2, 0.25) is 0 Å². The highest BCUT2D eigenvalue weighted by Crippen LogP contribution is 2.31. The van der Waals surface area contributed by atoms with Gasteiger partial charge < -0.3 is 4.74 Å². The minimum atomic E-state index is -0.514. The number of carbonyl (C=O) groups is 3. The van der Waals surface area contributed by atoms with Gasteiger partial charge in [-0.25, -0.2) is 0 Å². The number of rotatable bonds is 5. The molecule has 1 aliphatic rings. The Kier molecular flexibility index (Phi) is 4.61. The maximum atomic E-state index is 11.6. The topological polar surface area (TPSA) is 60.4 Å². The van der Waals surface area contributed by atoms with Crippen molar-refractivity contribution in [1.29, 1.82) is 0 Å². The van der Waals surface area contributed by atoms with Crippen LogP contribution in [0.15, 0.2) is 11.6 Å². The van der Waals surface area contributed by atoms with Crippen molar-refractivity contribution >= 4 is 17.5 Å². The van der Waals surface area contributed by atoms with Gasteiger partial charge in [-0.1, -0.05) is 12.5 Å². The lowest BCUT2D eigenvalue weighted by Gasteiger charge is -2.14. The van der Waals surface area contributed by atoms with Gasteiger partial charge in [0, 0.05) is 12.3 Å². The molecule has 0 heterocycles. The lowest BCUT2D eigenvalue weighted by molar-refractivity contribution is -0.146.